The van der Waals surface area contributed by atoms with Gasteiger partial charge in [0, 0.05) is 23.1 Å². The van der Waals surface area contributed by atoms with Crippen LogP contribution in [0.4, 0.5) is 0 Å². The highest BCUT2D eigenvalue weighted by Gasteiger charge is 2.22. The Morgan fingerprint density at radius 2 is 1.90 bits per heavy atom. The minimum Gasteiger partial charge on any atom is -0.486 e. The van der Waals surface area contributed by atoms with E-state index in [1.165, 1.54) is 0 Å². The van der Waals surface area contributed by atoms with Crippen LogP contribution in [0.25, 0.3) is 0 Å². The molecule has 5 heteroatoms. The summed E-state index contributed by atoms with van der Waals surface area (Å²) in [5.41, 5.74) is 2.04. The van der Waals surface area contributed by atoms with Crippen LogP contribution in [0.1, 0.15) is 28.6 Å². The number of alkyl halides is 1. The largest absolute Gasteiger partial charge is 0.486 e. The summed E-state index contributed by atoms with van der Waals surface area (Å²) in [5.74, 6) is 2.40. The van der Waals surface area contributed by atoms with E-state index in [1.54, 1.807) is 6.26 Å². The molecular formula is C15H14BrClO3. The fourth-order valence-corrected chi connectivity index (χ4v) is 3.49. The van der Waals surface area contributed by atoms with E-state index in [1.807, 2.05) is 18.2 Å². The van der Waals surface area contributed by atoms with Crippen LogP contribution in [0.15, 0.2) is 28.9 Å². The molecule has 3 nitrogen and oxygen atoms in total. The Hall–Kier alpha value is -1.13. The van der Waals surface area contributed by atoms with Crippen LogP contribution in [0, 0.1) is 0 Å². The molecule has 2 aromatic rings. The lowest BCUT2D eigenvalue weighted by Crippen LogP contribution is -2.15. The summed E-state index contributed by atoms with van der Waals surface area (Å²) < 4.78 is 16.6. The van der Waals surface area contributed by atoms with E-state index in [-0.39, 0.29) is 4.83 Å². The Kier molecular flexibility index (Phi) is 3.94. The zero-order valence-electron chi connectivity index (χ0n) is 11.0. The Morgan fingerprint density at radius 3 is 2.60 bits per heavy atom. The summed E-state index contributed by atoms with van der Waals surface area (Å²) in [6, 6.07) is 5.71. The first-order chi connectivity index (χ1) is 9.70. The lowest BCUT2D eigenvalue weighted by molar-refractivity contribution is 0.171. The molecule has 0 amide bonds. The van der Waals surface area contributed by atoms with Crippen molar-refractivity contribution in [1.29, 1.82) is 0 Å². The number of benzene rings is 1. The van der Waals surface area contributed by atoms with Gasteiger partial charge in [-0.05, 0) is 17.7 Å². The van der Waals surface area contributed by atoms with Crippen LogP contribution in [-0.2, 0) is 6.42 Å². The highest BCUT2D eigenvalue weighted by Crippen LogP contribution is 2.43. The summed E-state index contributed by atoms with van der Waals surface area (Å²) in [4.78, 5) is -0.0282. The van der Waals surface area contributed by atoms with Crippen molar-refractivity contribution in [3.8, 4) is 11.5 Å². The van der Waals surface area contributed by atoms with Gasteiger partial charge in [0.2, 0.25) is 0 Å². The number of hydrogen-bond acceptors (Lipinski definition) is 3. The summed E-state index contributed by atoms with van der Waals surface area (Å²) >= 11 is 10.1. The molecule has 0 N–H and O–H groups in total. The summed E-state index contributed by atoms with van der Waals surface area (Å²) in [5, 5.41) is 0.652. The van der Waals surface area contributed by atoms with Crippen molar-refractivity contribution in [1.82, 2.24) is 0 Å². The topological polar surface area (TPSA) is 31.6 Å². The molecule has 0 fully saturated rings. The Balaban J connectivity index is 2.01. The molecule has 0 saturated carbocycles. The molecule has 1 aromatic heterocycles. The van der Waals surface area contributed by atoms with E-state index in [4.69, 9.17) is 25.5 Å². The number of aryl methyl sites for hydroxylation is 1. The number of fused-ring (bicyclic) bond motifs is 1. The standard InChI is InChI=1S/C15H14BrClO3/c1-2-12-9(3-4-18-12)15(16)10-7-13-14(8-11(10)17)20-6-5-19-13/h3-4,7-8,15H,2,5-6H2,1H3. The van der Waals surface area contributed by atoms with Gasteiger partial charge in [0.15, 0.2) is 11.5 Å². The lowest BCUT2D eigenvalue weighted by atomic mass is 10.0. The molecule has 1 atom stereocenters. The van der Waals surface area contributed by atoms with Crippen LogP contribution in [0.5, 0.6) is 11.5 Å². The fourth-order valence-electron chi connectivity index (χ4n) is 2.31. The lowest BCUT2D eigenvalue weighted by Gasteiger charge is -2.21. The fraction of sp³-hybridized carbons (Fsp3) is 0.333. The van der Waals surface area contributed by atoms with E-state index >= 15 is 0 Å². The second-order valence-corrected chi connectivity index (χ2v) is 5.86. The van der Waals surface area contributed by atoms with Crippen LogP contribution < -0.4 is 9.47 Å². The molecule has 1 aliphatic rings. The SMILES string of the molecule is CCc1occc1C(Br)c1cc2c(cc1Cl)OCCO2. The summed E-state index contributed by atoms with van der Waals surface area (Å²) in [6.07, 6.45) is 2.54. The van der Waals surface area contributed by atoms with E-state index in [0.29, 0.717) is 24.0 Å². The van der Waals surface area contributed by atoms with Crippen molar-refractivity contribution >= 4 is 27.5 Å². The quantitative estimate of drug-likeness (QED) is 0.743. The van der Waals surface area contributed by atoms with E-state index in [9.17, 15) is 0 Å². The Labute approximate surface area is 130 Å². The van der Waals surface area contributed by atoms with Crippen molar-refractivity contribution in [3.05, 3.63) is 46.4 Å². The molecule has 1 aliphatic heterocycles. The van der Waals surface area contributed by atoms with Crippen molar-refractivity contribution in [2.24, 2.45) is 0 Å². The van der Waals surface area contributed by atoms with Gasteiger partial charge in [0.25, 0.3) is 0 Å². The molecule has 20 heavy (non-hydrogen) atoms. The predicted molar refractivity (Wildman–Crippen MR) is 81.3 cm³/mol. The maximum Gasteiger partial charge on any atom is 0.162 e. The first-order valence-corrected chi connectivity index (χ1v) is 7.79. The van der Waals surface area contributed by atoms with E-state index in [2.05, 4.69) is 22.9 Å². The minimum atomic E-state index is -0.0282. The van der Waals surface area contributed by atoms with Gasteiger partial charge in [0.05, 0.1) is 11.1 Å². The summed E-state index contributed by atoms with van der Waals surface area (Å²) in [6.45, 7) is 3.18. The van der Waals surface area contributed by atoms with Crippen LogP contribution in [0.3, 0.4) is 0 Å². The van der Waals surface area contributed by atoms with Gasteiger partial charge in [-0.15, -0.1) is 0 Å². The number of rotatable bonds is 3. The van der Waals surface area contributed by atoms with Crippen LogP contribution in [0.2, 0.25) is 5.02 Å². The van der Waals surface area contributed by atoms with E-state index in [0.717, 1.165) is 29.1 Å². The molecule has 0 bridgehead atoms. The predicted octanol–water partition coefficient (Wildman–Crippen LogP) is 4.75. The monoisotopic (exact) mass is 356 g/mol. The van der Waals surface area contributed by atoms with E-state index < -0.39 is 0 Å². The first-order valence-electron chi connectivity index (χ1n) is 6.50. The molecule has 106 valence electrons. The molecule has 1 aromatic carbocycles. The Bertz CT molecular complexity index is 624. The average Bonchev–Trinajstić information content (AvgIpc) is 2.94. The smallest absolute Gasteiger partial charge is 0.162 e. The third-order valence-electron chi connectivity index (χ3n) is 3.31. The van der Waals surface area contributed by atoms with Gasteiger partial charge < -0.3 is 13.9 Å². The molecule has 0 spiro atoms. The first kappa shape index (κ1) is 13.8. The highest BCUT2D eigenvalue weighted by molar-refractivity contribution is 9.09. The van der Waals surface area contributed by atoms with Gasteiger partial charge in [-0.3, -0.25) is 0 Å². The number of hydrogen-bond donors (Lipinski definition) is 0. The molecular weight excluding hydrogens is 344 g/mol. The number of halogens is 2. The maximum atomic E-state index is 6.37. The third-order valence-corrected chi connectivity index (χ3v) is 4.62. The minimum absolute atomic E-state index is 0.0282. The van der Waals surface area contributed by atoms with Crippen molar-refractivity contribution in [2.75, 3.05) is 13.2 Å². The second kappa shape index (κ2) is 5.70. The third kappa shape index (κ3) is 2.42. The van der Waals surface area contributed by atoms with Gasteiger partial charge in [-0.25, -0.2) is 0 Å². The average molecular weight is 358 g/mol. The van der Waals surface area contributed by atoms with Crippen molar-refractivity contribution < 1.29 is 13.9 Å². The van der Waals surface area contributed by atoms with Crippen molar-refractivity contribution in [3.63, 3.8) is 0 Å². The number of ether oxygens (including phenoxy) is 2. The summed E-state index contributed by atoms with van der Waals surface area (Å²) in [7, 11) is 0. The van der Waals surface area contributed by atoms with Crippen LogP contribution in [-0.4, -0.2) is 13.2 Å². The second-order valence-electron chi connectivity index (χ2n) is 4.53. The molecule has 2 heterocycles. The highest BCUT2D eigenvalue weighted by atomic mass is 79.9. The molecule has 0 aliphatic carbocycles. The van der Waals surface area contributed by atoms with Gasteiger partial charge >= 0.3 is 0 Å². The number of furan rings is 1. The molecule has 0 radical (unpaired) electrons. The van der Waals surface area contributed by atoms with Gasteiger partial charge in [-0.1, -0.05) is 34.5 Å². The molecule has 0 saturated heterocycles. The Morgan fingerprint density at radius 1 is 1.20 bits per heavy atom. The van der Waals surface area contributed by atoms with Gasteiger partial charge in [-0.2, -0.15) is 0 Å². The van der Waals surface area contributed by atoms with Gasteiger partial charge in [0.1, 0.15) is 19.0 Å². The molecule has 1 unspecified atom stereocenters. The zero-order valence-corrected chi connectivity index (χ0v) is 13.3. The normalized spacial score (nSPS) is 15.2. The molecule has 3 rings (SSSR count). The maximum absolute atomic E-state index is 6.37. The zero-order chi connectivity index (χ0) is 14.1. The van der Waals surface area contributed by atoms with Crippen LogP contribution >= 0.6 is 27.5 Å². The van der Waals surface area contributed by atoms with Crippen molar-refractivity contribution in [2.45, 2.75) is 18.2 Å².